The van der Waals surface area contributed by atoms with Crippen LogP contribution in [0.5, 0.6) is 0 Å². The summed E-state index contributed by atoms with van der Waals surface area (Å²) < 4.78 is 0. The van der Waals surface area contributed by atoms with Crippen molar-refractivity contribution in [3.05, 3.63) is 69.0 Å². The van der Waals surface area contributed by atoms with Crippen LogP contribution in [0.1, 0.15) is 29.8 Å². The van der Waals surface area contributed by atoms with Gasteiger partial charge in [-0.3, -0.25) is 9.59 Å². The van der Waals surface area contributed by atoms with Crippen LogP contribution in [0.25, 0.3) is 10.9 Å². The number of nitrogens with one attached hydrogen (secondary N) is 1. The molecular weight excluding hydrogens is 356 g/mol. The molecule has 0 fully saturated rings. The van der Waals surface area contributed by atoms with Crippen LogP contribution in [-0.2, 0) is 6.42 Å². The molecule has 6 heteroatoms. The predicted molar refractivity (Wildman–Crippen MR) is 103 cm³/mol. The van der Waals surface area contributed by atoms with Gasteiger partial charge in [-0.15, -0.1) is 0 Å². The van der Waals surface area contributed by atoms with Crippen LogP contribution in [0.3, 0.4) is 0 Å². The number of carbonyl (C=O) groups is 1. The molecule has 0 unspecified atom stereocenters. The predicted octanol–water partition coefficient (Wildman–Crippen LogP) is 4.50. The Labute approximate surface area is 154 Å². The highest BCUT2D eigenvalue weighted by Gasteiger charge is 2.18. The number of aryl methyl sites for hydroxylation is 1. The van der Waals surface area contributed by atoms with Gasteiger partial charge in [0, 0.05) is 10.6 Å². The van der Waals surface area contributed by atoms with Gasteiger partial charge in [0.1, 0.15) is 0 Å². The molecule has 1 atom stereocenters. The molecule has 4 nitrogen and oxygen atoms in total. The Bertz CT molecular complexity index is 983. The number of Topliss-reactive ketones (excluding diaryl/α,β-unsaturated/α-hetero) is 1. The van der Waals surface area contributed by atoms with Crippen LogP contribution >= 0.6 is 23.4 Å². The number of hydrogen-bond donors (Lipinski definition) is 1. The molecule has 0 aliphatic rings. The van der Waals surface area contributed by atoms with Crippen molar-refractivity contribution in [1.82, 2.24) is 9.97 Å². The lowest BCUT2D eigenvalue weighted by atomic mass is 10.1. The molecule has 0 saturated carbocycles. The quantitative estimate of drug-likeness (QED) is 0.407. The zero-order valence-corrected chi connectivity index (χ0v) is 15.4. The summed E-state index contributed by atoms with van der Waals surface area (Å²) >= 11 is 7.20. The minimum atomic E-state index is -0.368. The van der Waals surface area contributed by atoms with E-state index in [2.05, 4.69) is 16.9 Å². The first-order valence-corrected chi connectivity index (χ1v) is 9.23. The van der Waals surface area contributed by atoms with E-state index in [1.165, 1.54) is 17.3 Å². The minimum Gasteiger partial charge on any atom is -0.301 e. The number of nitrogens with zero attached hydrogens (tertiary/aromatic N) is 1. The van der Waals surface area contributed by atoms with Crippen molar-refractivity contribution < 1.29 is 4.79 Å². The number of thioether (sulfide) groups is 1. The average molecular weight is 373 g/mol. The Kier molecular flexibility index (Phi) is 5.25. The Morgan fingerprint density at radius 2 is 1.96 bits per heavy atom. The van der Waals surface area contributed by atoms with Gasteiger partial charge in [-0.2, -0.15) is 0 Å². The SMILES string of the molecule is CCc1ccc(C(=O)[C@H](C)Sc2nc3cc(Cl)ccc3c(=O)[nH]2)cc1. The molecule has 0 bridgehead atoms. The Hall–Kier alpha value is -2.11. The number of carbonyl (C=O) groups excluding carboxylic acids is 1. The summed E-state index contributed by atoms with van der Waals surface area (Å²) in [5.74, 6) is 0.00138. The van der Waals surface area contributed by atoms with E-state index in [1.54, 1.807) is 18.2 Å². The number of aromatic nitrogens is 2. The second-order valence-electron chi connectivity index (χ2n) is 5.71. The normalized spacial score (nSPS) is 12.3. The zero-order chi connectivity index (χ0) is 18.0. The van der Waals surface area contributed by atoms with Gasteiger partial charge in [-0.05, 0) is 37.1 Å². The highest BCUT2D eigenvalue weighted by Crippen LogP contribution is 2.24. The van der Waals surface area contributed by atoms with Gasteiger partial charge in [-0.1, -0.05) is 54.6 Å². The third-order valence-electron chi connectivity index (χ3n) is 3.95. The smallest absolute Gasteiger partial charge is 0.259 e. The average Bonchev–Trinajstić information content (AvgIpc) is 2.60. The van der Waals surface area contributed by atoms with Crippen molar-refractivity contribution in [2.45, 2.75) is 30.7 Å². The molecule has 0 amide bonds. The van der Waals surface area contributed by atoms with E-state index in [0.29, 0.717) is 26.6 Å². The summed E-state index contributed by atoms with van der Waals surface area (Å²) in [6, 6.07) is 12.5. The van der Waals surface area contributed by atoms with E-state index in [9.17, 15) is 9.59 Å². The number of ketones is 1. The first-order valence-electron chi connectivity index (χ1n) is 7.97. The number of benzene rings is 2. The van der Waals surface area contributed by atoms with E-state index < -0.39 is 0 Å². The van der Waals surface area contributed by atoms with Gasteiger partial charge >= 0.3 is 0 Å². The van der Waals surface area contributed by atoms with Crippen molar-refractivity contribution in [3.8, 4) is 0 Å². The lowest BCUT2D eigenvalue weighted by Crippen LogP contribution is -2.16. The molecule has 0 radical (unpaired) electrons. The maximum absolute atomic E-state index is 12.6. The topological polar surface area (TPSA) is 62.8 Å². The number of aromatic amines is 1. The van der Waals surface area contributed by atoms with Gasteiger partial charge in [-0.25, -0.2) is 4.98 Å². The maximum Gasteiger partial charge on any atom is 0.259 e. The van der Waals surface area contributed by atoms with E-state index in [4.69, 9.17) is 11.6 Å². The van der Waals surface area contributed by atoms with E-state index in [0.717, 1.165) is 6.42 Å². The molecule has 2 aromatic carbocycles. The standard InChI is InChI=1S/C19H17ClN2O2S/c1-3-12-4-6-13(7-5-12)17(23)11(2)25-19-21-16-10-14(20)8-9-15(16)18(24)22-19/h4-11H,3H2,1-2H3,(H,21,22,24)/t11-/m0/s1. The summed E-state index contributed by atoms with van der Waals surface area (Å²) in [6.07, 6.45) is 0.934. The van der Waals surface area contributed by atoms with E-state index in [-0.39, 0.29) is 16.6 Å². The molecular formula is C19H17ClN2O2S. The van der Waals surface area contributed by atoms with Crippen molar-refractivity contribution in [3.63, 3.8) is 0 Å². The number of H-pyrrole nitrogens is 1. The second-order valence-corrected chi connectivity index (χ2v) is 7.47. The molecule has 128 valence electrons. The largest absolute Gasteiger partial charge is 0.301 e. The summed E-state index contributed by atoms with van der Waals surface area (Å²) in [6.45, 7) is 3.88. The van der Waals surface area contributed by atoms with Crippen molar-refractivity contribution >= 4 is 40.0 Å². The fourth-order valence-corrected chi connectivity index (χ4v) is 3.55. The van der Waals surface area contributed by atoms with Gasteiger partial charge in [0.05, 0.1) is 16.2 Å². The number of rotatable bonds is 5. The van der Waals surface area contributed by atoms with E-state index in [1.807, 2.05) is 31.2 Å². The second kappa shape index (κ2) is 7.42. The Morgan fingerprint density at radius 1 is 1.24 bits per heavy atom. The molecule has 1 N–H and O–H groups in total. The minimum absolute atomic E-state index is 0.00138. The fraction of sp³-hybridized carbons (Fsp3) is 0.211. The van der Waals surface area contributed by atoms with Crippen LogP contribution in [0.2, 0.25) is 5.02 Å². The van der Waals surface area contributed by atoms with Gasteiger partial charge in [0.15, 0.2) is 10.9 Å². The van der Waals surface area contributed by atoms with Crippen molar-refractivity contribution in [2.24, 2.45) is 0 Å². The van der Waals surface area contributed by atoms with Crippen LogP contribution in [0.15, 0.2) is 52.4 Å². The maximum atomic E-state index is 12.6. The summed E-state index contributed by atoms with van der Waals surface area (Å²) in [5, 5.41) is 1.03. The summed E-state index contributed by atoms with van der Waals surface area (Å²) in [4.78, 5) is 31.9. The first kappa shape index (κ1) is 17.7. The lowest BCUT2D eigenvalue weighted by molar-refractivity contribution is 0.0994. The van der Waals surface area contributed by atoms with Crippen LogP contribution in [0.4, 0.5) is 0 Å². The zero-order valence-electron chi connectivity index (χ0n) is 13.9. The molecule has 0 aliphatic carbocycles. The molecule has 25 heavy (non-hydrogen) atoms. The number of fused-ring (bicyclic) bond motifs is 1. The number of hydrogen-bond acceptors (Lipinski definition) is 4. The third-order valence-corrected chi connectivity index (χ3v) is 5.17. The molecule has 0 spiro atoms. The third kappa shape index (κ3) is 3.94. The van der Waals surface area contributed by atoms with Gasteiger partial charge in [0.2, 0.25) is 0 Å². The summed E-state index contributed by atoms with van der Waals surface area (Å²) in [5.41, 5.74) is 2.12. The molecule has 1 heterocycles. The highest BCUT2D eigenvalue weighted by atomic mass is 35.5. The van der Waals surface area contributed by atoms with Gasteiger partial charge in [0.25, 0.3) is 5.56 Å². The fourth-order valence-electron chi connectivity index (χ4n) is 2.51. The molecule has 0 saturated heterocycles. The highest BCUT2D eigenvalue weighted by molar-refractivity contribution is 8.00. The van der Waals surface area contributed by atoms with Crippen molar-refractivity contribution in [1.29, 1.82) is 0 Å². The van der Waals surface area contributed by atoms with Crippen molar-refractivity contribution in [2.75, 3.05) is 0 Å². The molecule has 0 aliphatic heterocycles. The number of halogens is 1. The Balaban J connectivity index is 1.84. The molecule has 1 aromatic heterocycles. The van der Waals surface area contributed by atoms with E-state index >= 15 is 0 Å². The van der Waals surface area contributed by atoms with Gasteiger partial charge < -0.3 is 4.98 Å². The lowest BCUT2D eigenvalue weighted by Gasteiger charge is -2.10. The van der Waals surface area contributed by atoms with Crippen LogP contribution < -0.4 is 5.56 Å². The molecule has 3 rings (SSSR count). The van der Waals surface area contributed by atoms with Crippen LogP contribution in [0, 0.1) is 0 Å². The first-order chi connectivity index (χ1) is 12.0. The van der Waals surface area contributed by atoms with Crippen LogP contribution in [-0.4, -0.2) is 21.0 Å². The Morgan fingerprint density at radius 3 is 2.64 bits per heavy atom. The summed E-state index contributed by atoms with van der Waals surface area (Å²) in [7, 11) is 0. The monoisotopic (exact) mass is 372 g/mol. The molecule has 3 aromatic rings.